The van der Waals surface area contributed by atoms with Crippen molar-refractivity contribution in [2.45, 2.75) is 58.6 Å². The number of anilines is 1. The van der Waals surface area contributed by atoms with E-state index in [0.29, 0.717) is 16.6 Å². The van der Waals surface area contributed by atoms with Gasteiger partial charge in [-0.1, -0.05) is 57.2 Å². The van der Waals surface area contributed by atoms with Crippen LogP contribution in [0.4, 0.5) is 5.82 Å². The predicted molar refractivity (Wildman–Crippen MR) is 160 cm³/mol. The second-order valence-corrected chi connectivity index (χ2v) is 13.5. The lowest BCUT2D eigenvalue weighted by Crippen LogP contribution is -2.38. The van der Waals surface area contributed by atoms with E-state index in [2.05, 4.69) is 20.0 Å². The second-order valence-electron chi connectivity index (χ2n) is 11.5. The van der Waals surface area contributed by atoms with Gasteiger partial charge in [-0.25, -0.2) is 9.55 Å². The van der Waals surface area contributed by atoms with Crippen molar-refractivity contribution in [3.63, 3.8) is 0 Å². The van der Waals surface area contributed by atoms with E-state index < -0.39 is 44.8 Å². The number of hydrogen-bond acceptors (Lipinski definition) is 11. The van der Waals surface area contributed by atoms with Crippen LogP contribution >= 0.6 is 19.3 Å². The summed E-state index contributed by atoms with van der Waals surface area (Å²) < 4.78 is 39.7. The van der Waals surface area contributed by atoms with Gasteiger partial charge in [0.05, 0.1) is 19.5 Å². The minimum absolute atomic E-state index is 0.0687. The molecule has 1 saturated heterocycles. The number of nitrogen functional groups attached to an aromatic ring is 1. The Bertz CT molecular complexity index is 1670. The van der Waals surface area contributed by atoms with Gasteiger partial charge in [-0.05, 0) is 35.4 Å². The first-order valence-electron chi connectivity index (χ1n) is 13.7. The summed E-state index contributed by atoms with van der Waals surface area (Å²) >= 11 is 6.02. The van der Waals surface area contributed by atoms with E-state index in [1.165, 1.54) is 13.3 Å². The van der Waals surface area contributed by atoms with Crippen LogP contribution < -0.4 is 15.3 Å². The Hall–Kier alpha value is -3.32. The second kappa shape index (κ2) is 12.4. The van der Waals surface area contributed by atoms with E-state index in [1.54, 1.807) is 16.7 Å². The molecule has 0 amide bonds. The van der Waals surface area contributed by atoms with Crippen molar-refractivity contribution in [3.8, 4) is 5.75 Å². The number of aliphatic hydroxyl groups excluding tert-OH is 1. The smallest absolute Gasteiger partial charge is 0.459 e. The number of aromatic nitrogens is 4. The summed E-state index contributed by atoms with van der Waals surface area (Å²) in [5.41, 5.74) is 6.33. The Labute approximate surface area is 253 Å². The number of nitrogens with two attached hydrogens (primary N) is 1. The van der Waals surface area contributed by atoms with Crippen LogP contribution in [0, 0.1) is 5.41 Å². The van der Waals surface area contributed by atoms with E-state index in [9.17, 15) is 14.5 Å². The summed E-state index contributed by atoms with van der Waals surface area (Å²) in [7, 11) is -4.32. The summed E-state index contributed by atoms with van der Waals surface area (Å²) in [5, 5.41) is 14.4. The summed E-state index contributed by atoms with van der Waals surface area (Å²) in [6.45, 7) is 7.01. The number of fused-ring (bicyclic) bond motifs is 2. The Kier molecular flexibility index (Phi) is 8.94. The molecule has 4 N–H and O–H groups in total. The lowest BCUT2D eigenvalue weighted by Gasteiger charge is -2.27. The third kappa shape index (κ3) is 7.09. The Morgan fingerprint density at radius 2 is 2.00 bits per heavy atom. The minimum atomic E-state index is -4.32. The quantitative estimate of drug-likeness (QED) is 0.126. The van der Waals surface area contributed by atoms with Gasteiger partial charge in [0.25, 0.3) is 0 Å². The van der Waals surface area contributed by atoms with Crippen molar-refractivity contribution in [1.82, 2.24) is 24.6 Å². The summed E-state index contributed by atoms with van der Waals surface area (Å²) in [6.07, 6.45) is -1.01. The zero-order chi connectivity index (χ0) is 30.9. The number of rotatable bonds is 10. The number of carbonyl (C=O) groups is 1. The Morgan fingerprint density at radius 3 is 2.74 bits per heavy atom. The van der Waals surface area contributed by atoms with E-state index in [1.807, 2.05) is 51.1 Å². The number of ether oxygens (including phenoxy) is 2. The molecule has 5 atom stereocenters. The van der Waals surface area contributed by atoms with E-state index in [0.717, 1.165) is 5.39 Å². The van der Waals surface area contributed by atoms with Crippen LogP contribution in [0.15, 0.2) is 48.8 Å². The average molecular weight is 633 g/mol. The molecule has 1 aliphatic heterocycles. The van der Waals surface area contributed by atoms with E-state index in [4.69, 9.17) is 35.9 Å². The molecule has 2 aromatic carbocycles. The maximum Gasteiger partial charge on any atom is 0.459 e. The molecule has 230 valence electrons. The number of benzene rings is 2. The number of nitrogens with zero attached hydrogens (tertiary/aromatic N) is 4. The molecule has 0 bridgehead atoms. The molecule has 0 saturated carbocycles. The van der Waals surface area contributed by atoms with E-state index >= 15 is 0 Å². The molecule has 2 aromatic heterocycles. The van der Waals surface area contributed by atoms with Crippen LogP contribution in [0.25, 0.3) is 21.9 Å². The fourth-order valence-electron chi connectivity index (χ4n) is 4.63. The molecule has 43 heavy (non-hydrogen) atoms. The molecule has 3 heterocycles. The molecule has 3 unspecified atom stereocenters. The first-order chi connectivity index (χ1) is 20.4. The fraction of sp³-hybridized carbons (Fsp3) is 0.429. The monoisotopic (exact) mass is 632 g/mol. The van der Waals surface area contributed by atoms with Crippen LogP contribution in [0.5, 0.6) is 5.75 Å². The summed E-state index contributed by atoms with van der Waals surface area (Å²) in [4.78, 5) is 25.2. The third-order valence-corrected chi connectivity index (χ3v) is 8.54. The first-order valence-corrected chi connectivity index (χ1v) is 15.6. The standard InChI is InChI=1S/C28H34ClN6O7P/c1-16(26(37)39-14-28(2,3)4)34-43(38,41-19-11-7-9-17-8-5-6-10-18(17)19)42-20-12-22(40-21(20)13-36)35-15-31-23-24(30)32-27(29)33-25(23)35/h5-11,15-16,20-22,36H,12-14H2,1-4H3,(H,34,38)(H2,30,32,33)/t16-,20?,21?,22+,43?/m0/s1. The fourth-order valence-corrected chi connectivity index (χ4v) is 6.54. The largest absolute Gasteiger partial charge is 0.464 e. The maximum absolute atomic E-state index is 14.5. The van der Waals surface area contributed by atoms with Crippen LogP contribution in [-0.4, -0.2) is 62.1 Å². The molecule has 15 heteroatoms. The van der Waals surface area contributed by atoms with Crippen molar-refractivity contribution >= 4 is 53.1 Å². The average Bonchev–Trinajstić information content (AvgIpc) is 3.55. The third-order valence-electron chi connectivity index (χ3n) is 6.69. The normalized spacial score (nSPS) is 21.1. The molecule has 1 fully saturated rings. The van der Waals surface area contributed by atoms with Gasteiger partial charge in [-0.2, -0.15) is 15.1 Å². The van der Waals surface area contributed by atoms with Gasteiger partial charge in [0.1, 0.15) is 35.7 Å². The molecular formula is C28H34ClN6O7P. The zero-order valence-electron chi connectivity index (χ0n) is 24.1. The van der Waals surface area contributed by atoms with Crippen LogP contribution in [0.1, 0.15) is 40.3 Å². The number of halogens is 1. The zero-order valence-corrected chi connectivity index (χ0v) is 25.8. The van der Waals surface area contributed by atoms with Gasteiger partial charge in [0, 0.05) is 11.8 Å². The Morgan fingerprint density at radius 1 is 1.26 bits per heavy atom. The maximum atomic E-state index is 14.5. The number of imidazole rings is 1. The van der Waals surface area contributed by atoms with Crippen LogP contribution in [-0.2, 0) is 23.4 Å². The highest BCUT2D eigenvalue weighted by molar-refractivity contribution is 7.52. The van der Waals surface area contributed by atoms with Crippen molar-refractivity contribution in [2.24, 2.45) is 5.41 Å². The highest BCUT2D eigenvalue weighted by Gasteiger charge is 2.44. The first kappa shape index (κ1) is 31.1. The lowest BCUT2D eigenvalue weighted by atomic mass is 9.99. The highest BCUT2D eigenvalue weighted by Crippen LogP contribution is 2.50. The van der Waals surface area contributed by atoms with E-state index in [-0.39, 0.29) is 35.3 Å². The highest BCUT2D eigenvalue weighted by atomic mass is 35.5. The summed E-state index contributed by atoms with van der Waals surface area (Å²) in [5.74, 6) is -0.246. The minimum Gasteiger partial charge on any atom is -0.464 e. The van der Waals surface area contributed by atoms with Crippen molar-refractivity contribution in [2.75, 3.05) is 18.9 Å². The molecule has 0 spiro atoms. The van der Waals surface area contributed by atoms with Gasteiger partial charge >= 0.3 is 13.7 Å². The van der Waals surface area contributed by atoms with Gasteiger partial charge in [-0.3, -0.25) is 13.9 Å². The number of aliphatic hydroxyl groups is 1. The van der Waals surface area contributed by atoms with Gasteiger partial charge in [-0.15, -0.1) is 0 Å². The van der Waals surface area contributed by atoms with Gasteiger partial charge in [0.15, 0.2) is 11.5 Å². The molecule has 4 aromatic rings. The molecular weight excluding hydrogens is 599 g/mol. The molecule has 0 aliphatic carbocycles. The topological polar surface area (TPSA) is 173 Å². The SMILES string of the molecule is C[C@H](NP(=O)(Oc1cccc2ccccc12)OC1C[C@H](n2cnc3c(N)nc(Cl)nc32)OC1CO)C(=O)OCC(C)(C)C. The molecule has 5 rings (SSSR count). The van der Waals surface area contributed by atoms with Crippen LogP contribution in [0.2, 0.25) is 5.28 Å². The van der Waals surface area contributed by atoms with Gasteiger partial charge in [0.2, 0.25) is 5.28 Å². The molecule has 1 aliphatic rings. The van der Waals surface area contributed by atoms with Crippen LogP contribution in [0.3, 0.4) is 0 Å². The van der Waals surface area contributed by atoms with Gasteiger partial charge < -0.3 is 24.8 Å². The molecule has 0 radical (unpaired) electrons. The van der Waals surface area contributed by atoms with Crippen molar-refractivity contribution < 1.29 is 33.0 Å². The van der Waals surface area contributed by atoms with Crippen molar-refractivity contribution in [1.29, 1.82) is 0 Å². The predicted octanol–water partition coefficient (Wildman–Crippen LogP) is 4.63. The number of nitrogens with one attached hydrogen (secondary N) is 1. The Balaban J connectivity index is 1.43. The molecule has 13 nitrogen and oxygen atoms in total. The number of carbonyl (C=O) groups excluding carboxylic acids is 1. The lowest BCUT2D eigenvalue weighted by molar-refractivity contribution is -0.148. The number of hydrogen-bond donors (Lipinski definition) is 3. The summed E-state index contributed by atoms with van der Waals surface area (Å²) in [6, 6.07) is 11.7. The van der Waals surface area contributed by atoms with Crippen molar-refractivity contribution in [3.05, 3.63) is 54.1 Å². The number of esters is 1.